The minimum atomic E-state index is -3.19. The number of allylic oxidation sites excluding steroid dienone is 2. The second kappa shape index (κ2) is 12.1. The number of benzene rings is 6. The standard InChI is InChI=1S/C49H42.2CH3.Hf/c1-31-23-25-41(33(3)47(31)35-15-9-7-10-16-35)43-21-13-19-37-27-39(29-45(37)43)49(5,6)40-28-38-20-14-22-44(46(38)30-40)42-26-24-32(2)48(34(42)4)36-17-11-8-12-18-36;;;/h7-30H,1-6H3;2*1H3;. The number of rotatable bonds is 4. The maximum atomic E-state index is 2.76. The Morgan fingerprint density at radius 2 is 0.846 bits per heavy atom. The summed E-state index contributed by atoms with van der Waals surface area (Å²) in [7, 11) is 0. The van der Waals surface area contributed by atoms with E-state index in [0.29, 0.717) is 7.35 Å². The van der Waals surface area contributed by atoms with Crippen LogP contribution in [0.4, 0.5) is 0 Å². The zero-order valence-corrected chi connectivity index (χ0v) is 35.4. The van der Waals surface area contributed by atoms with Gasteiger partial charge in [0.15, 0.2) is 0 Å². The van der Waals surface area contributed by atoms with E-state index < -0.39 is 20.0 Å². The summed E-state index contributed by atoms with van der Waals surface area (Å²) in [6.07, 6.45) is 5.30. The Morgan fingerprint density at radius 1 is 0.442 bits per heavy atom. The van der Waals surface area contributed by atoms with Crippen molar-refractivity contribution >= 4 is 12.2 Å². The molecule has 2 atom stereocenters. The summed E-state index contributed by atoms with van der Waals surface area (Å²) in [6.45, 7) is 14.2. The zero-order valence-electron chi connectivity index (χ0n) is 31.9. The molecule has 1 heteroatoms. The van der Waals surface area contributed by atoms with E-state index in [9.17, 15) is 0 Å². The predicted octanol–water partition coefficient (Wildman–Crippen LogP) is 14.5. The van der Waals surface area contributed by atoms with Crippen LogP contribution in [0.5, 0.6) is 0 Å². The van der Waals surface area contributed by atoms with Gasteiger partial charge in [-0.05, 0) is 0 Å². The molecule has 0 N–H and O–H groups in total. The second-order valence-corrected chi connectivity index (χ2v) is 34.0. The van der Waals surface area contributed by atoms with Gasteiger partial charge in [0.25, 0.3) is 0 Å². The SMILES string of the molecule is Cc1ccc(-c2cccc3c2C=C2[CH]3[Hf]([CH3])([CH3])[CH]3C(=Cc4c(-c5ccc(C)c(-c6ccccc6)c5C)cccc43)C2(C)C)c(C)c1-c1ccccc1. The van der Waals surface area contributed by atoms with Gasteiger partial charge < -0.3 is 0 Å². The third-order valence-electron chi connectivity index (χ3n) is 13.1. The fourth-order valence-electron chi connectivity index (χ4n) is 10.7. The van der Waals surface area contributed by atoms with Gasteiger partial charge in [-0.15, -0.1) is 0 Å². The van der Waals surface area contributed by atoms with Crippen LogP contribution in [0.25, 0.3) is 56.7 Å². The molecule has 0 spiro atoms. The molecule has 3 aliphatic rings. The van der Waals surface area contributed by atoms with E-state index in [1.165, 1.54) is 77.9 Å². The van der Waals surface area contributed by atoms with Gasteiger partial charge in [0.1, 0.15) is 0 Å². The van der Waals surface area contributed by atoms with E-state index in [-0.39, 0.29) is 5.41 Å². The predicted molar refractivity (Wildman–Crippen MR) is 221 cm³/mol. The molecule has 0 saturated carbocycles. The molecule has 0 bridgehead atoms. The van der Waals surface area contributed by atoms with E-state index in [4.69, 9.17) is 0 Å². The molecule has 0 aromatic heterocycles. The van der Waals surface area contributed by atoms with Gasteiger partial charge in [-0.1, -0.05) is 0 Å². The molecular formula is C51H48Hf. The summed E-state index contributed by atoms with van der Waals surface area (Å²) in [6, 6.07) is 45.7. The first-order valence-electron chi connectivity index (χ1n) is 19.0. The Bertz CT molecular complexity index is 2320. The number of hydrogen-bond acceptors (Lipinski definition) is 0. The monoisotopic (exact) mass is 840 g/mol. The molecule has 1 fully saturated rings. The van der Waals surface area contributed by atoms with Crippen molar-refractivity contribution in [3.05, 3.63) is 177 Å². The molecule has 2 unspecified atom stereocenters. The fourth-order valence-corrected chi connectivity index (χ4v) is 28.4. The molecule has 1 aliphatic heterocycles. The molecule has 9 rings (SSSR count). The molecule has 6 aromatic rings. The van der Waals surface area contributed by atoms with E-state index >= 15 is 0 Å². The number of hydrogen-bond donors (Lipinski definition) is 0. The molecule has 256 valence electrons. The van der Waals surface area contributed by atoms with Crippen molar-refractivity contribution in [2.75, 3.05) is 0 Å². The normalized spacial score (nSPS) is 18.9. The van der Waals surface area contributed by atoms with Crippen molar-refractivity contribution in [3.8, 4) is 44.5 Å². The third-order valence-corrected chi connectivity index (χ3v) is 28.3. The first kappa shape index (κ1) is 33.5. The van der Waals surface area contributed by atoms with Crippen LogP contribution in [0.3, 0.4) is 0 Å². The van der Waals surface area contributed by atoms with Crippen molar-refractivity contribution in [2.45, 2.75) is 58.3 Å². The molecule has 0 nitrogen and oxygen atoms in total. The van der Waals surface area contributed by atoms with Crippen molar-refractivity contribution < 1.29 is 20.0 Å². The first-order valence-corrected chi connectivity index (χ1v) is 30.4. The third kappa shape index (κ3) is 4.81. The van der Waals surface area contributed by atoms with Gasteiger partial charge in [-0.25, -0.2) is 0 Å². The molecule has 0 radical (unpaired) electrons. The van der Waals surface area contributed by atoms with E-state index in [0.717, 1.165) is 0 Å². The fraction of sp³-hybridized carbons (Fsp3) is 0.216. The minimum absolute atomic E-state index is 0.0352. The van der Waals surface area contributed by atoms with Gasteiger partial charge in [-0.2, -0.15) is 0 Å². The van der Waals surface area contributed by atoms with Crippen LogP contribution < -0.4 is 0 Å². The van der Waals surface area contributed by atoms with Crippen LogP contribution >= 0.6 is 0 Å². The van der Waals surface area contributed by atoms with Gasteiger partial charge in [0.2, 0.25) is 0 Å². The Balaban J connectivity index is 1.19. The van der Waals surface area contributed by atoms with Gasteiger partial charge >= 0.3 is 317 Å². The van der Waals surface area contributed by atoms with Crippen LogP contribution in [-0.4, -0.2) is 0 Å². The van der Waals surface area contributed by atoms with Crippen LogP contribution in [0.1, 0.15) is 65.7 Å². The van der Waals surface area contributed by atoms with Crippen molar-refractivity contribution in [2.24, 2.45) is 5.41 Å². The van der Waals surface area contributed by atoms with Gasteiger partial charge in [0.05, 0.1) is 0 Å². The Kier molecular flexibility index (Phi) is 7.80. The Labute approximate surface area is 315 Å². The van der Waals surface area contributed by atoms with Crippen LogP contribution in [-0.2, 0) is 20.0 Å². The molecular weight excluding hydrogens is 791 g/mol. The Hall–Kier alpha value is -4.33. The topological polar surface area (TPSA) is 0 Å². The summed E-state index contributed by atoms with van der Waals surface area (Å²) in [5, 5.41) is 0. The van der Waals surface area contributed by atoms with Crippen LogP contribution in [0, 0.1) is 33.1 Å². The van der Waals surface area contributed by atoms with Crippen molar-refractivity contribution in [1.82, 2.24) is 0 Å². The summed E-state index contributed by atoms with van der Waals surface area (Å²) in [5.74, 6) is 0. The quantitative estimate of drug-likeness (QED) is 0.155. The molecule has 2 aliphatic carbocycles. The summed E-state index contributed by atoms with van der Waals surface area (Å²) in [5.41, 5.74) is 25.6. The average Bonchev–Trinajstić information content (AvgIpc) is 3.75. The summed E-state index contributed by atoms with van der Waals surface area (Å²) >= 11 is -3.19. The van der Waals surface area contributed by atoms with Crippen molar-refractivity contribution in [3.63, 3.8) is 0 Å². The number of fused-ring (bicyclic) bond motifs is 6. The van der Waals surface area contributed by atoms with E-state index in [2.05, 4.69) is 184 Å². The summed E-state index contributed by atoms with van der Waals surface area (Å²) < 4.78 is 6.63. The maximum absolute atomic E-state index is 3.19. The van der Waals surface area contributed by atoms with Gasteiger partial charge in [-0.3, -0.25) is 0 Å². The van der Waals surface area contributed by atoms with Crippen LogP contribution in [0.15, 0.2) is 132 Å². The molecule has 1 saturated heterocycles. The first-order chi connectivity index (χ1) is 25.0. The number of aryl methyl sites for hydroxylation is 2. The molecule has 0 amide bonds. The molecule has 6 aromatic carbocycles. The molecule has 1 heterocycles. The van der Waals surface area contributed by atoms with Crippen LogP contribution in [0.2, 0.25) is 9.36 Å². The van der Waals surface area contributed by atoms with Gasteiger partial charge in [0, 0.05) is 0 Å². The van der Waals surface area contributed by atoms with Crippen molar-refractivity contribution in [1.29, 1.82) is 0 Å². The summed E-state index contributed by atoms with van der Waals surface area (Å²) in [4.78, 5) is 0. The Morgan fingerprint density at radius 3 is 1.25 bits per heavy atom. The average molecular weight is 839 g/mol. The zero-order chi connectivity index (χ0) is 36.1. The van der Waals surface area contributed by atoms with E-state index in [1.54, 1.807) is 22.3 Å². The van der Waals surface area contributed by atoms with E-state index in [1.807, 2.05) is 0 Å². The second-order valence-electron chi connectivity index (χ2n) is 16.7. The molecule has 52 heavy (non-hydrogen) atoms.